The summed E-state index contributed by atoms with van der Waals surface area (Å²) in [7, 11) is 1.48. The Morgan fingerprint density at radius 2 is 1.79 bits per heavy atom. The number of hydrogen-bond donors (Lipinski definition) is 0. The second-order valence-electron chi connectivity index (χ2n) is 6.72. The van der Waals surface area contributed by atoms with Crippen LogP contribution < -0.4 is 0 Å². The number of benzene rings is 1. The predicted octanol–water partition coefficient (Wildman–Crippen LogP) is 4.92. The molecule has 0 aromatic heterocycles. The Morgan fingerprint density at radius 1 is 1.21 bits per heavy atom. The van der Waals surface area contributed by atoms with Gasteiger partial charge in [-0.2, -0.15) is 5.26 Å². The number of nitrogens with zero attached hydrogens (tertiary/aromatic N) is 3. The van der Waals surface area contributed by atoms with Crippen molar-refractivity contribution in [3.8, 4) is 6.07 Å². The van der Waals surface area contributed by atoms with E-state index in [-0.39, 0.29) is 0 Å². The number of hydrogen-bond acceptors (Lipinski definition) is 3. The van der Waals surface area contributed by atoms with Crippen LogP contribution in [0.3, 0.4) is 0 Å². The second-order valence-corrected chi connectivity index (χ2v) is 8.41. The molecule has 158 valence electrons. The highest BCUT2D eigenvalue weighted by Gasteiger charge is 2.35. The number of aryl methyl sites for hydroxylation is 1. The van der Waals surface area contributed by atoms with E-state index in [4.69, 9.17) is 5.26 Å². The lowest BCUT2D eigenvalue weighted by Gasteiger charge is -2.35. The van der Waals surface area contributed by atoms with Gasteiger partial charge in [-0.15, -0.1) is 13.2 Å². The zero-order valence-corrected chi connectivity index (χ0v) is 19.3. The molecule has 1 aliphatic carbocycles. The minimum atomic E-state index is -0.692. The van der Waals surface area contributed by atoms with E-state index in [1.54, 1.807) is 6.07 Å². The van der Waals surface area contributed by atoms with Crippen LogP contribution in [0.15, 0.2) is 37.4 Å². The highest BCUT2D eigenvalue weighted by Crippen LogP contribution is 2.30. The smallest absolute Gasteiger partial charge is 0.0991 e. The highest BCUT2D eigenvalue weighted by molar-refractivity contribution is 7.83. The first-order chi connectivity index (χ1) is 13.5. The number of rotatable bonds is 4. The van der Waals surface area contributed by atoms with Gasteiger partial charge in [-0.1, -0.05) is 32.9 Å². The number of nitriles is 1. The van der Waals surface area contributed by atoms with Crippen molar-refractivity contribution in [1.29, 1.82) is 5.26 Å². The maximum Gasteiger partial charge on any atom is 0.0991 e. The lowest BCUT2D eigenvalue weighted by atomic mass is 10.1. The SMILES string of the molecule is C=C.CC.CCN(C1CCN(C)CC1)S(=O)C1CC1.Cc1cccc(C#N)c1. The van der Waals surface area contributed by atoms with Crippen LogP contribution in [-0.4, -0.2) is 51.4 Å². The summed E-state index contributed by atoms with van der Waals surface area (Å²) in [5.74, 6) is 0. The van der Waals surface area contributed by atoms with Gasteiger partial charge in [-0.25, -0.2) is 8.51 Å². The third kappa shape index (κ3) is 9.64. The summed E-state index contributed by atoms with van der Waals surface area (Å²) < 4.78 is 14.4. The Morgan fingerprint density at radius 3 is 2.18 bits per heavy atom. The molecule has 1 unspecified atom stereocenters. The lowest BCUT2D eigenvalue weighted by molar-refractivity contribution is 0.190. The number of piperidine rings is 1. The minimum Gasteiger partial charge on any atom is -0.306 e. The summed E-state index contributed by atoms with van der Waals surface area (Å²) in [5, 5.41) is 8.90. The molecule has 0 spiro atoms. The third-order valence-corrected chi connectivity index (χ3v) is 6.66. The molecule has 1 heterocycles. The zero-order chi connectivity index (χ0) is 21.5. The molecule has 0 N–H and O–H groups in total. The monoisotopic (exact) mass is 405 g/mol. The Kier molecular flexibility index (Phi) is 14.6. The summed E-state index contributed by atoms with van der Waals surface area (Å²) in [6.07, 6.45) is 4.72. The van der Waals surface area contributed by atoms with Gasteiger partial charge < -0.3 is 4.90 Å². The molecular weight excluding hydrogens is 366 g/mol. The van der Waals surface area contributed by atoms with Gasteiger partial charge in [-0.3, -0.25) is 0 Å². The average Bonchev–Trinajstić information content (AvgIpc) is 3.59. The van der Waals surface area contributed by atoms with Gasteiger partial charge in [0, 0.05) is 17.8 Å². The fraction of sp³-hybridized carbons (Fsp3) is 0.609. The molecule has 1 saturated carbocycles. The van der Waals surface area contributed by atoms with E-state index in [9.17, 15) is 4.21 Å². The Labute approximate surface area is 175 Å². The van der Waals surface area contributed by atoms with Crippen LogP contribution >= 0.6 is 0 Å². The maximum absolute atomic E-state index is 12.1. The number of likely N-dealkylation sites (tertiary alicyclic amines) is 1. The molecule has 1 saturated heterocycles. The van der Waals surface area contributed by atoms with E-state index in [0.29, 0.717) is 11.3 Å². The van der Waals surface area contributed by atoms with Gasteiger partial charge in [0.05, 0.1) is 22.6 Å². The summed E-state index contributed by atoms with van der Waals surface area (Å²) in [6.45, 7) is 17.4. The molecule has 28 heavy (non-hydrogen) atoms. The van der Waals surface area contributed by atoms with E-state index in [2.05, 4.69) is 42.4 Å². The van der Waals surface area contributed by atoms with Gasteiger partial charge in [0.15, 0.2) is 0 Å². The standard InChI is InChI=1S/C11H22N2OS.C8H7N.C2H6.C2H4/c1-3-13(15(14)11-4-5-11)10-6-8-12(2)9-7-10;1-7-3-2-4-8(5-7)6-9;2*1-2/h10-11H,3-9H2,1-2H3;2-5H,1H3;1-2H3;1-2H2. The van der Waals surface area contributed by atoms with E-state index < -0.39 is 11.0 Å². The quantitative estimate of drug-likeness (QED) is 0.668. The Hall–Kier alpha value is -1.48. The first-order valence-corrected chi connectivity index (χ1v) is 11.5. The Bertz CT molecular complexity index is 602. The van der Waals surface area contributed by atoms with E-state index in [0.717, 1.165) is 30.8 Å². The van der Waals surface area contributed by atoms with Gasteiger partial charge >= 0.3 is 0 Å². The lowest BCUT2D eigenvalue weighted by Crippen LogP contribution is -2.45. The summed E-state index contributed by atoms with van der Waals surface area (Å²) in [5.41, 5.74) is 1.86. The highest BCUT2D eigenvalue weighted by atomic mass is 32.2. The normalized spacial score (nSPS) is 17.6. The van der Waals surface area contributed by atoms with Gasteiger partial charge in [0.2, 0.25) is 0 Å². The van der Waals surface area contributed by atoms with Crippen molar-refractivity contribution in [3.05, 3.63) is 48.6 Å². The van der Waals surface area contributed by atoms with Crippen LogP contribution in [0.4, 0.5) is 0 Å². The van der Waals surface area contributed by atoms with Crippen molar-refractivity contribution in [2.45, 2.75) is 64.7 Å². The molecule has 5 heteroatoms. The van der Waals surface area contributed by atoms with Gasteiger partial charge in [-0.05, 0) is 70.4 Å². The van der Waals surface area contributed by atoms with Crippen molar-refractivity contribution < 1.29 is 4.21 Å². The molecule has 0 amide bonds. The molecule has 2 fully saturated rings. The molecule has 1 atom stereocenters. The molecule has 0 radical (unpaired) electrons. The fourth-order valence-electron chi connectivity index (χ4n) is 2.99. The van der Waals surface area contributed by atoms with Crippen LogP contribution in [0.25, 0.3) is 0 Å². The second kappa shape index (κ2) is 15.4. The van der Waals surface area contributed by atoms with Crippen LogP contribution in [-0.2, 0) is 11.0 Å². The van der Waals surface area contributed by atoms with E-state index >= 15 is 0 Å². The van der Waals surface area contributed by atoms with Crippen LogP contribution in [0, 0.1) is 18.3 Å². The van der Waals surface area contributed by atoms with Crippen molar-refractivity contribution in [2.75, 3.05) is 26.7 Å². The molecule has 4 nitrogen and oxygen atoms in total. The van der Waals surface area contributed by atoms with E-state index in [1.807, 2.05) is 39.0 Å². The van der Waals surface area contributed by atoms with Crippen molar-refractivity contribution >= 4 is 11.0 Å². The average molecular weight is 406 g/mol. The maximum atomic E-state index is 12.1. The fourth-order valence-corrected chi connectivity index (χ4v) is 4.67. The van der Waals surface area contributed by atoms with E-state index in [1.165, 1.54) is 25.7 Å². The summed E-state index contributed by atoms with van der Waals surface area (Å²) in [4.78, 5) is 2.37. The predicted molar refractivity (Wildman–Crippen MR) is 123 cm³/mol. The largest absolute Gasteiger partial charge is 0.306 e. The molecule has 0 bridgehead atoms. The summed E-state index contributed by atoms with van der Waals surface area (Å²) in [6, 6.07) is 10.1. The topological polar surface area (TPSA) is 47.3 Å². The van der Waals surface area contributed by atoms with Crippen LogP contribution in [0.1, 0.15) is 57.6 Å². The van der Waals surface area contributed by atoms with Crippen LogP contribution in [0.5, 0.6) is 0 Å². The first-order valence-electron chi connectivity index (χ1n) is 10.4. The molecule has 2 aliphatic rings. The first kappa shape index (κ1) is 26.5. The van der Waals surface area contributed by atoms with Crippen molar-refractivity contribution in [2.24, 2.45) is 0 Å². The van der Waals surface area contributed by atoms with Crippen molar-refractivity contribution in [3.63, 3.8) is 0 Å². The van der Waals surface area contributed by atoms with Crippen LogP contribution in [0.2, 0.25) is 0 Å². The third-order valence-electron chi connectivity index (χ3n) is 4.59. The molecular formula is C23H39N3OS. The minimum absolute atomic E-state index is 0.490. The zero-order valence-electron chi connectivity index (χ0n) is 18.5. The van der Waals surface area contributed by atoms with Crippen molar-refractivity contribution in [1.82, 2.24) is 9.21 Å². The molecule has 1 aromatic carbocycles. The summed E-state index contributed by atoms with van der Waals surface area (Å²) >= 11 is 0. The molecule has 3 rings (SSSR count). The molecule has 1 aliphatic heterocycles. The molecule has 1 aromatic rings. The van der Waals surface area contributed by atoms with Gasteiger partial charge in [0.1, 0.15) is 0 Å². The van der Waals surface area contributed by atoms with Gasteiger partial charge in [0.25, 0.3) is 0 Å². The Balaban J connectivity index is 0.000000481.